The van der Waals surface area contributed by atoms with Crippen LogP contribution < -0.4 is 5.73 Å². The van der Waals surface area contributed by atoms with Gasteiger partial charge in [0.2, 0.25) is 0 Å². The first-order valence-electron chi connectivity index (χ1n) is 6.16. The average molecular weight is 307 g/mol. The number of halogens is 2. The number of benzene rings is 1. The topological polar surface area (TPSA) is 38.9 Å². The van der Waals surface area contributed by atoms with Crippen LogP contribution in [-0.2, 0) is 6.42 Å². The number of fused-ring (bicyclic) bond motifs is 1. The van der Waals surface area contributed by atoms with Gasteiger partial charge in [-0.05, 0) is 47.2 Å². The fourth-order valence-electron chi connectivity index (χ4n) is 2.11. The van der Waals surface area contributed by atoms with Gasteiger partial charge in [0.15, 0.2) is 0 Å². The number of rotatable bonds is 3. The number of hydrogen-bond acceptors (Lipinski definition) is 3. The Hall–Kier alpha value is -1.49. The molecule has 0 saturated heterocycles. The minimum absolute atomic E-state index is 0.211. The zero-order valence-corrected chi connectivity index (χ0v) is 12.1. The van der Waals surface area contributed by atoms with E-state index in [4.69, 9.17) is 17.3 Å². The van der Waals surface area contributed by atoms with Gasteiger partial charge in [-0.2, -0.15) is 0 Å². The van der Waals surface area contributed by atoms with Gasteiger partial charge in [0, 0.05) is 17.3 Å². The van der Waals surface area contributed by atoms with E-state index in [-0.39, 0.29) is 11.9 Å². The Bertz CT molecular complexity index is 756. The highest BCUT2D eigenvalue weighted by Gasteiger charge is 2.11. The van der Waals surface area contributed by atoms with Crippen molar-refractivity contribution in [3.05, 3.63) is 63.9 Å². The van der Waals surface area contributed by atoms with Gasteiger partial charge in [0.1, 0.15) is 5.82 Å². The van der Waals surface area contributed by atoms with Crippen LogP contribution in [0.3, 0.4) is 0 Å². The second-order valence-electron chi connectivity index (χ2n) is 4.62. The zero-order chi connectivity index (χ0) is 14.1. The molecule has 0 fully saturated rings. The van der Waals surface area contributed by atoms with Crippen LogP contribution in [0.4, 0.5) is 4.39 Å². The van der Waals surface area contributed by atoms with Crippen LogP contribution in [0.15, 0.2) is 41.9 Å². The zero-order valence-electron chi connectivity index (χ0n) is 10.5. The predicted molar refractivity (Wildman–Crippen MR) is 81.7 cm³/mol. The molecular formula is C15H12ClFN2S. The summed E-state index contributed by atoms with van der Waals surface area (Å²) in [5.74, 6) is -0.339. The van der Waals surface area contributed by atoms with E-state index in [1.54, 1.807) is 23.6 Å². The van der Waals surface area contributed by atoms with Crippen molar-refractivity contribution in [2.75, 3.05) is 0 Å². The minimum Gasteiger partial charge on any atom is -0.324 e. The van der Waals surface area contributed by atoms with Gasteiger partial charge in [-0.25, -0.2) is 4.39 Å². The van der Waals surface area contributed by atoms with E-state index in [9.17, 15) is 4.39 Å². The van der Waals surface area contributed by atoms with Gasteiger partial charge < -0.3 is 5.73 Å². The van der Waals surface area contributed by atoms with Crippen molar-refractivity contribution in [1.82, 2.24) is 4.98 Å². The molecule has 0 aliphatic rings. The molecule has 0 aliphatic heterocycles. The third-order valence-electron chi connectivity index (χ3n) is 3.21. The van der Waals surface area contributed by atoms with Crippen LogP contribution in [-0.4, -0.2) is 4.98 Å². The highest BCUT2D eigenvalue weighted by atomic mass is 35.5. The van der Waals surface area contributed by atoms with Gasteiger partial charge in [0.25, 0.3) is 0 Å². The number of thiophene rings is 1. The molecule has 1 unspecified atom stereocenters. The van der Waals surface area contributed by atoms with Gasteiger partial charge in [-0.1, -0.05) is 17.7 Å². The molecule has 0 spiro atoms. The standard InChI is InChI=1S/C15H12ClFN2S/c16-12-7-11(17)2-1-9(12)5-13(18)10-6-15-14(19-8-10)3-4-20-15/h1-4,6-8,13H,5,18H2. The Morgan fingerprint density at radius 1 is 1.30 bits per heavy atom. The van der Waals surface area contributed by atoms with E-state index in [1.165, 1.54) is 12.1 Å². The number of nitrogens with two attached hydrogens (primary N) is 1. The molecule has 0 aliphatic carbocycles. The summed E-state index contributed by atoms with van der Waals surface area (Å²) in [4.78, 5) is 4.38. The Balaban J connectivity index is 1.86. The molecule has 3 rings (SSSR count). The molecular weight excluding hydrogens is 295 g/mol. The molecule has 2 N–H and O–H groups in total. The van der Waals surface area contributed by atoms with Gasteiger partial charge in [0.05, 0.1) is 10.2 Å². The normalized spacial score (nSPS) is 12.8. The second kappa shape index (κ2) is 5.48. The Morgan fingerprint density at radius 2 is 2.15 bits per heavy atom. The van der Waals surface area contributed by atoms with E-state index in [0.717, 1.165) is 21.3 Å². The molecule has 2 aromatic heterocycles. The fourth-order valence-corrected chi connectivity index (χ4v) is 3.14. The fraction of sp³-hybridized carbons (Fsp3) is 0.133. The lowest BCUT2D eigenvalue weighted by Crippen LogP contribution is -2.13. The highest BCUT2D eigenvalue weighted by Crippen LogP contribution is 2.26. The summed E-state index contributed by atoms with van der Waals surface area (Å²) in [7, 11) is 0. The number of aromatic nitrogens is 1. The average Bonchev–Trinajstić information content (AvgIpc) is 2.89. The van der Waals surface area contributed by atoms with E-state index >= 15 is 0 Å². The molecule has 3 aromatic rings. The smallest absolute Gasteiger partial charge is 0.124 e. The maximum atomic E-state index is 13.0. The lowest BCUT2D eigenvalue weighted by atomic mass is 10.0. The molecule has 0 radical (unpaired) electrons. The first-order chi connectivity index (χ1) is 9.63. The highest BCUT2D eigenvalue weighted by molar-refractivity contribution is 7.17. The first-order valence-corrected chi connectivity index (χ1v) is 7.42. The molecule has 0 amide bonds. The Labute approximate surface area is 125 Å². The first kappa shape index (κ1) is 13.5. The van der Waals surface area contributed by atoms with E-state index in [2.05, 4.69) is 11.1 Å². The van der Waals surface area contributed by atoms with Crippen molar-refractivity contribution in [3.63, 3.8) is 0 Å². The molecule has 2 nitrogen and oxygen atoms in total. The molecule has 1 atom stereocenters. The van der Waals surface area contributed by atoms with Crippen LogP contribution in [0.25, 0.3) is 10.2 Å². The number of hydrogen-bond donors (Lipinski definition) is 1. The van der Waals surface area contributed by atoms with E-state index < -0.39 is 0 Å². The van der Waals surface area contributed by atoms with Crippen LogP contribution in [0, 0.1) is 5.82 Å². The molecule has 20 heavy (non-hydrogen) atoms. The third-order valence-corrected chi connectivity index (χ3v) is 4.41. The molecule has 2 heterocycles. The second-order valence-corrected chi connectivity index (χ2v) is 5.97. The van der Waals surface area contributed by atoms with E-state index in [1.807, 2.05) is 11.4 Å². The monoisotopic (exact) mass is 306 g/mol. The van der Waals surface area contributed by atoms with E-state index in [0.29, 0.717) is 11.4 Å². The maximum absolute atomic E-state index is 13.0. The van der Waals surface area contributed by atoms with Crippen molar-refractivity contribution in [1.29, 1.82) is 0 Å². The largest absolute Gasteiger partial charge is 0.324 e. The van der Waals surface area contributed by atoms with Crippen LogP contribution in [0.5, 0.6) is 0 Å². The minimum atomic E-state index is -0.339. The third kappa shape index (κ3) is 2.68. The molecule has 102 valence electrons. The van der Waals surface area contributed by atoms with Crippen LogP contribution >= 0.6 is 22.9 Å². The molecule has 5 heteroatoms. The summed E-state index contributed by atoms with van der Waals surface area (Å²) in [5, 5.41) is 2.41. The summed E-state index contributed by atoms with van der Waals surface area (Å²) < 4.78 is 14.1. The summed E-state index contributed by atoms with van der Waals surface area (Å²) in [6, 6.07) is 8.20. The van der Waals surface area contributed by atoms with Gasteiger partial charge in [-0.3, -0.25) is 4.98 Å². The number of pyridine rings is 1. The quantitative estimate of drug-likeness (QED) is 0.782. The Kier molecular flexibility index (Phi) is 3.70. The molecule has 0 saturated carbocycles. The lowest BCUT2D eigenvalue weighted by molar-refractivity contribution is 0.625. The summed E-state index contributed by atoms with van der Waals surface area (Å²) in [6.45, 7) is 0. The lowest BCUT2D eigenvalue weighted by Gasteiger charge is -2.13. The van der Waals surface area contributed by atoms with Crippen molar-refractivity contribution in [3.8, 4) is 0 Å². The van der Waals surface area contributed by atoms with Crippen molar-refractivity contribution in [2.45, 2.75) is 12.5 Å². The van der Waals surface area contributed by atoms with Gasteiger partial charge >= 0.3 is 0 Å². The van der Waals surface area contributed by atoms with Crippen molar-refractivity contribution in [2.24, 2.45) is 5.73 Å². The summed E-state index contributed by atoms with van der Waals surface area (Å²) in [5.41, 5.74) is 8.98. The number of nitrogens with zero attached hydrogens (tertiary/aromatic N) is 1. The van der Waals surface area contributed by atoms with Crippen LogP contribution in [0.2, 0.25) is 5.02 Å². The molecule has 0 bridgehead atoms. The summed E-state index contributed by atoms with van der Waals surface area (Å²) >= 11 is 7.67. The van der Waals surface area contributed by atoms with Crippen molar-refractivity contribution >= 4 is 33.2 Å². The summed E-state index contributed by atoms with van der Waals surface area (Å²) in [6.07, 6.45) is 2.34. The van der Waals surface area contributed by atoms with Crippen LogP contribution in [0.1, 0.15) is 17.2 Å². The maximum Gasteiger partial charge on any atom is 0.124 e. The Morgan fingerprint density at radius 3 is 2.95 bits per heavy atom. The SMILES string of the molecule is NC(Cc1ccc(F)cc1Cl)c1cnc2ccsc2c1. The van der Waals surface area contributed by atoms with Gasteiger partial charge in [-0.15, -0.1) is 11.3 Å². The molecule has 1 aromatic carbocycles. The van der Waals surface area contributed by atoms with Crippen molar-refractivity contribution < 1.29 is 4.39 Å². The predicted octanol–water partition coefficient (Wildman–Crippen LogP) is 4.33.